The van der Waals surface area contributed by atoms with Crippen LogP contribution in [0.2, 0.25) is 0 Å². The van der Waals surface area contributed by atoms with Crippen LogP contribution in [0.4, 0.5) is 0 Å². The number of carbonyl (C=O) groups is 2. The number of rotatable bonds is 5. The molecule has 9 heteroatoms. The van der Waals surface area contributed by atoms with Gasteiger partial charge in [0.1, 0.15) is 17.2 Å². The molecule has 1 aliphatic heterocycles. The molecule has 3 rings (SSSR count). The fraction of sp³-hybridized carbons (Fsp3) is 0.333. The minimum absolute atomic E-state index is 0.0813. The maximum Gasteiger partial charge on any atom is 0.323 e. The average Bonchev–Trinajstić information content (AvgIpc) is 3.35. The van der Waals surface area contributed by atoms with Crippen LogP contribution < -0.4 is 5.32 Å². The van der Waals surface area contributed by atoms with Crippen LogP contribution in [0.25, 0.3) is 0 Å². The highest BCUT2D eigenvalue weighted by Crippen LogP contribution is 2.41. The van der Waals surface area contributed by atoms with Crippen LogP contribution in [0.3, 0.4) is 0 Å². The summed E-state index contributed by atoms with van der Waals surface area (Å²) >= 11 is 1.35. The third-order valence-electron chi connectivity index (χ3n) is 4.61. The van der Waals surface area contributed by atoms with Crippen molar-refractivity contribution in [2.45, 2.75) is 22.2 Å². The Kier molecular flexibility index (Phi) is 5.64. The fourth-order valence-electron chi connectivity index (χ4n) is 3.39. The van der Waals surface area contributed by atoms with E-state index in [9.17, 15) is 18.0 Å². The van der Waals surface area contributed by atoms with E-state index in [4.69, 9.17) is 9.47 Å². The van der Waals surface area contributed by atoms with Crippen molar-refractivity contribution in [3.63, 3.8) is 0 Å². The number of hydrogen-bond donors (Lipinski definition) is 1. The van der Waals surface area contributed by atoms with E-state index >= 15 is 0 Å². The van der Waals surface area contributed by atoms with Crippen LogP contribution in [-0.4, -0.2) is 45.9 Å². The van der Waals surface area contributed by atoms with Gasteiger partial charge in [-0.1, -0.05) is 24.3 Å². The average molecular weight is 409 g/mol. The minimum atomic E-state index is -3.96. The Morgan fingerprint density at radius 1 is 1.00 bits per heavy atom. The topological polar surface area (TPSA) is 98.8 Å². The Bertz CT molecular complexity index is 911. The van der Waals surface area contributed by atoms with Crippen molar-refractivity contribution in [3.8, 4) is 0 Å². The van der Waals surface area contributed by atoms with Crippen molar-refractivity contribution in [3.05, 3.63) is 52.7 Å². The van der Waals surface area contributed by atoms with E-state index in [2.05, 4.69) is 5.32 Å². The second-order valence-electron chi connectivity index (χ2n) is 6.03. The lowest BCUT2D eigenvalue weighted by molar-refractivity contribution is -0.153. The van der Waals surface area contributed by atoms with E-state index in [1.165, 1.54) is 37.7 Å². The summed E-state index contributed by atoms with van der Waals surface area (Å²) in [4.78, 5) is 25.6. The molecule has 2 aromatic rings. The van der Waals surface area contributed by atoms with Crippen molar-refractivity contribution in [2.75, 3.05) is 14.2 Å². The Morgan fingerprint density at radius 2 is 1.67 bits per heavy atom. The standard InChI is InChI=1S/C18H19NO6S2/c1-24-17(20)13-15(18(21)25-2)19-14(12-9-6-10-26-12)16(13)27(22,23)11-7-4-3-5-8-11/h3-10,13-16,19H,1-2H3/t13-,14+,15+,16-/m0/s1. The second kappa shape index (κ2) is 7.79. The van der Waals surface area contributed by atoms with Gasteiger partial charge in [0, 0.05) is 4.88 Å². The van der Waals surface area contributed by atoms with Gasteiger partial charge in [-0.05, 0) is 23.6 Å². The van der Waals surface area contributed by atoms with Crippen molar-refractivity contribution in [2.24, 2.45) is 5.92 Å². The number of methoxy groups -OCH3 is 2. The van der Waals surface area contributed by atoms with Crippen LogP contribution >= 0.6 is 11.3 Å². The summed E-state index contributed by atoms with van der Waals surface area (Å²) in [6, 6.07) is 9.55. The molecule has 1 saturated heterocycles. The van der Waals surface area contributed by atoms with E-state index in [-0.39, 0.29) is 4.90 Å². The van der Waals surface area contributed by atoms with Gasteiger partial charge >= 0.3 is 11.9 Å². The first kappa shape index (κ1) is 19.5. The number of ether oxygens (including phenoxy) is 2. The molecule has 2 heterocycles. The Morgan fingerprint density at radius 3 is 2.22 bits per heavy atom. The van der Waals surface area contributed by atoms with Crippen molar-refractivity contribution < 1.29 is 27.5 Å². The molecule has 0 spiro atoms. The Hall–Kier alpha value is -2.23. The molecule has 1 fully saturated rings. The van der Waals surface area contributed by atoms with E-state index < -0.39 is 45.0 Å². The summed E-state index contributed by atoms with van der Waals surface area (Å²) in [5.74, 6) is -2.72. The molecular weight excluding hydrogens is 390 g/mol. The van der Waals surface area contributed by atoms with Crippen molar-refractivity contribution in [1.82, 2.24) is 5.32 Å². The Balaban J connectivity index is 2.17. The first-order chi connectivity index (χ1) is 12.9. The van der Waals surface area contributed by atoms with Gasteiger partial charge in [0.15, 0.2) is 9.84 Å². The van der Waals surface area contributed by atoms with Crippen LogP contribution in [0.5, 0.6) is 0 Å². The molecule has 7 nitrogen and oxygen atoms in total. The predicted molar refractivity (Wildman–Crippen MR) is 98.9 cm³/mol. The number of nitrogens with one attached hydrogen (secondary N) is 1. The summed E-state index contributed by atoms with van der Waals surface area (Å²) in [5.41, 5.74) is 0. The lowest BCUT2D eigenvalue weighted by Gasteiger charge is -2.23. The number of hydrogen-bond acceptors (Lipinski definition) is 8. The monoisotopic (exact) mass is 409 g/mol. The van der Waals surface area contributed by atoms with Gasteiger partial charge in [-0.25, -0.2) is 8.42 Å². The molecule has 4 atom stereocenters. The molecule has 0 amide bonds. The van der Waals surface area contributed by atoms with E-state index in [1.54, 1.807) is 30.3 Å². The molecule has 0 unspecified atom stereocenters. The van der Waals surface area contributed by atoms with Gasteiger partial charge in [0.05, 0.1) is 25.2 Å². The number of thiophene rings is 1. The number of carbonyl (C=O) groups excluding carboxylic acids is 2. The molecule has 0 radical (unpaired) electrons. The van der Waals surface area contributed by atoms with Crippen LogP contribution in [0.1, 0.15) is 10.9 Å². The van der Waals surface area contributed by atoms with Crippen LogP contribution in [0, 0.1) is 5.92 Å². The minimum Gasteiger partial charge on any atom is -0.469 e. The molecule has 1 aliphatic rings. The molecule has 0 bridgehead atoms. The largest absolute Gasteiger partial charge is 0.469 e. The van der Waals surface area contributed by atoms with Gasteiger partial charge < -0.3 is 9.47 Å². The lowest BCUT2D eigenvalue weighted by atomic mass is 9.98. The zero-order valence-corrected chi connectivity index (χ0v) is 16.3. The summed E-state index contributed by atoms with van der Waals surface area (Å²) in [6.45, 7) is 0. The SMILES string of the molecule is COC(=O)[C@@H]1[C@H](S(=O)(=O)c2ccccc2)[C@@H](c2cccs2)N[C@H]1C(=O)OC. The number of benzene rings is 1. The van der Waals surface area contributed by atoms with E-state index in [1.807, 2.05) is 5.38 Å². The fourth-order valence-corrected chi connectivity index (χ4v) is 6.40. The molecule has 1 N–H and O–H groups in total. The zero-order chi connectivity index (χ0) is 19.6. The van der Waals surface area contributed by atoms with Gasteiger partial charge in [-0.15, -0.1) is 11.3 Å². The van der Waals surface area contributed by atoms with Crippen molar-refractivity contribution >= 4 is 33.1 Å². The first-order valence-electron chi connectivity index (χ1n) is 8.16. The van der Waals surface area contributed by atoms with E-state index in [0.29, 0.717) is 4.88 Å². The van der Waals surface area contributed by atoms with E-state index in [0.717, 1.165) is 0 Å². The quantitative estimate of drug-likeness (QED) is 0.749. The highest BCUT2D eigenvalue weighted by atomic mass is 32.2. The summed E-state index contributed by atoms with van der Waals surface area (Å²) in [5, 5.41) is 3.59. The molecular formula is C18H19NO6S2. The smallest absolute Gasteiger partial charge is 0.323 e. The molecule has 144 valence electrons. The highest BCUT2D eigenvalue weighted by Gasteiger charge is 2.57. The number of sulfone groups is 1. The van der Waals surface area contributed by atoms with Gasteiger partial charge in [-0.3, -0.25) is 14.9 Å². The Labute approximate surface area is 161 Å². The predicted octanol–water partition coefficient (Wildman–Crippen LogP) is 1.57. The molecule has 1 aromatic heterocycles. The third kappa shape index (κ3) is 3.50. The maximum atomic E-state index is 13.4. The van der Waals surface area contributed by atoms with Gasteiger partial charge in [0.2, 0.25) is 0 Å². The number of esters is 2. The normalized spacial score (nSPS) is 25.1. The van der Waals surface area contributed by atoms with Crippen molar-refractivity contribution in [1.29, 1.82) is 0 Å². The lowest BCUT2D eigenvalue weighted by Crippen LogP contribution is -2.43. The van der Waals surface area contributed by atoms with Crippen LogP contribution in [0.15, 0.2) is 52.7 Å². The molecule has 0 aliphatic carbocycles. The van der Waals surface area contributed by atoms with Gasteiger partial charge in [-0.2, -0.15) is 0 Å². The zero-order valence-electron chi connectivity index (χ0n) is 14.7. The summed E-state index contributed by atoms with van der Waals surface area (Å²) in [7, 11) is -1.60. The maximum absolute atomic E-state index is 13.4. The summed E-state index contributed by atoms with van der Waals surface area (Å²) in [6.07, 6.45) is 0. The molecule has 1 aromatic carbocycles. The molecule has 0 saturated carbocycles. The molecule has 27 heavy (non-hydrogen) atoms. The highest BCUT2D eigenvalue weighted by molar-refractivity contribution is 7.92. The van der Waals surface area contributed by atoms with Crippen LogP contribution in [-0.2, 0) is 28.9 Å². The second-order valence-corrected chi connectivity index (χ2v) is 9.12. The third-order valence-corrected chi connectivity index (χ3v) is 7.78. The van der Waals surface area contributed by atoms with Gasteiger partial charge in [0.25, 0.3) is 0 Å². The summed E-state index contributed by atoms with van der Waals surface area (Å²) < 4.78 is 36.5. The first-order valence-corrected chi connectivity index (χ1v) is 10.6.